The number of hydrogen-bond acceptors (Lipinski definition) is 2. The zero-order chi connectivity index (χ0) is 12.1. The number of rotatable bonds is 4. The average molecular weight is 232 g/mol. The van der Waals surface area contributed by atoms with Gasteiger partial charge in [-0.3, -0.25) is 9.88 Å². The Morgan fingerprint density at radius 1 is 1.35 bits per heavy atom. The van der Waals surface area contributed by atoms with Crippen LogP contribution in [0.2, 0.25) is 0 Å². The second-order valence-electron chi connectivity index (χ2n) is 5.71. The van der Waals surface area contributed by atoms with Crippen molar-refractivity contribution < 1.29 is 0 Å². The molecule has 2 heterocycles. The molecule has 1 aromatic heterocycles. The SMILES string of the molecule is CC(C)CC1CCN(Cc2cccnc2)CC1. The maximum Gasteiger partial charge on any atom is 0.0312 e. The fourth-order valence-electron chi connectivity index (χ4n) is 2.80. The van der Waals surface area contributed by atoms with Gasteiger partial charge in [-0.25, -0.2) is 0 Å². The van der Waals surface area contributed by atoms with E-state index in [4.69, 9.17) is 0 Å². The fourth-order valence-corrected chi connectivity index (χ4v) is 2.80. The largest absolute Gasteiger partial charge is 0.299 e. The summed E-state index contributed by atoms with van der Waals surface area (Å²) in [6.07, 6.45) is 7.98. The summed E-state index contributed by atoms with van der Waals surface area (Å²) in [7, 11) is 0. The highest BCUT2D eigenvalue weighted by molar-refractivity contribution is 5.08. The predicted octanol–water partition coefficient (Wildman–Crippen LogP) is 3.34. The summed E-state index contributed by atoms with van der Waals surface area (Å²) >= 11 is 0. The summed E-state index contributed by atoms with van der Waals surface area (Å²) in [5, 5.41) is 0. The lowest BCUT2D eigenvalue weighted by Gasteiger charge is -2.32. The van der Waals surface area contributed by atoms with Gasteiger partial charge in [0, 0.05) is 18.9 Å². The van der Waals surface area contributed by atoms with Gasteiger partial charge in [0.05, 0.1) is 0 Å². The molecule has 0 aromatic carbocycles. The van der Waals surface area contributed by atoms with Gasteiger partial charge in [-0.15, -0.1) is 0 Å². The molecule has 0 unspecified atom stereocenters. The van der Waals surface area contributed by atoms with Crippen molar-refractivity contribution in [3.63, 3.8) is 0 Å². The minimum atomic E-state index is 0.852. The molecule has 1 saturated heterocycles. The molecule has 1 aromatic rings. The van der Waals surface area contributed by atoms with Crippen molar-refractivity contribution in [1.82, 2.24) is 9.88 Å². The third-order valence-electron chi connectivity index (χ3n) is 3.64. The third kappa shape index (κ3) is 4.12. The van der Waals surface area contributed by atoms with Crippen LogP contribution in [0.1, 0.15) is 38.7 Å². The summed E-state index contributed by atoms with van der Waals surface area (Å²) < 4.78 is 0. The van der Waals surface area contributed by atoms with Gasteiger partial charge in [-0.2, -0.15) is 0 Å². The molecule has 0 spiro atoms. The molecule has 0 aliphatic carbocycles. The Bertz CT molecular complexity index is 313. The molecule has 0 bridgehead atoms. The molecule has 94 valence electrons. The summed E-state index contributed by atoms with van der Waals surface area (Å²) in [5.74, 6) is 1.81. The second-order valence-corrected chi connectivity index (χ2v) is 5.71. The molecule has 0 N–H and O–H groups in total. The Kier molecular flexibility index (Phi) is 4.55. The summed E-state index contributed by atoms with van der Waals surface area (Å²) in [4.78, 5) is 6.74. The Morgan fingerprint density at radius 3 is 2.71 bits per heavy atom. The summed E-state index contributed by atoms with van der Waals surface area (Å²) in [6.45, 7) is 8.25. The highest BCUT2D eigenvalue weighted by atomic mass is 15.1. The normalized spacial score (nSPS) is 18.8. The number of hydrogen-bond donors (Lipinski definition) is 0. The molecule has 0 atom stereocenters. The lowest BCUT2D eigenvalue weighted by molar-refractivity contribution is 0.164. The topological polar surface area (TPSA) is 16.1 Å². The van der Waals surface area contributed by atoms with E-state index >= 15 is 0 Å². The molecule has 2 nitrogen and oxygen atoms in total. The van der Waals surface area contributed by atoms with E-state index in [1.54, 1.807) is 0 Å². The molecular formula is C15H24N2. The predicted molar refractivity (Wildman–Crippen MR) is 71.7 cm³/mol. The Hall–Kier alpha value is -0.890. The smallest absolute Gasteiger partial charge is 0.0312 e. The van der Waals surface area contributed by atoms with Gasteiger partial charge in [0.2, 0.25) is 0 Å². The van der Waals surface area contributed by atoms with E-state index in [0.29, 0.717) is 0 Å². The molecular weight excluding hydrogens is 208 g/mol. The number of aromatic nitrogens is 1. The van der Waals surface area contributed by atoms with E-state index in [0.717, 1.165) is 18.4 Å². The highest BCUT2D eigenvalue weighted by Crippen LogP contribution is 2.24. The van der Waals surface area contributed by atoms with Crippen LogP contribution in [0.25, 0.3) is 0 Å². The van der Waals surface area contributed by atoms with Crippen molar-refractivity contribution in [2.24, 2.45) is 11.8 Å². The maximum absolute atomic E-state index is 4.18. The standard InChI is InChI=1S/C15H24N2/c1-13(2)10-14-5-8-17(9-6-14)12-15-4-3-7-16-11-15/h3-4,7,11,13-14H,5-6,8-10,12H2,1-2H3. The van der Waals surface area contributed by atoms with Crippen LogP contribution in [0.5, 0.6) is 0 Å². The molecule has 17 heavy (non-hydrogen) atoms. The lowest BCUT2D eigenvalue weighted by atomic mass is 9.88. The highest BCUT2D eigenvalue weighted by Gasteiger charge is 2.19. The van der Waals surface area contributed by atoms with E-state index in [-0.39, 0.29) is 0 Å². The third-order valence-corrected chi connectivity index (χ3v) is 3.64. The van der Waals surface area contributed by atoms with Crippen LogP contribution >= 0.6 is 0 Å². The second kappa shape index (κ2) is 6.15. The quantitative estimate of drug-likeness (QED) is 0.791. The molecule has 0 saturated carbocycles. The Labute approximate surface area is 105 Å². The zero-order valence-electron chi connectivity index (χ0n) is 11.1. The lowest BCUT2D eigenvalue weighted by Crippen LogP contribution is -2.33. The molecule has 1 fully saturated rings. The molecule has 1 aliphatic rings. The van der Waals surface area contributed by atoms with Crippen molar-refractivity contribution in [2.75, 3.05) is 13.1 Å². The molecule has 1 aliphatic heterocycles. The van der Waals surface area contributed by atoms with E-state index in [9.17, 15) is 0 Å². The first-order valence-electron chi connectivity index (χ1n) is 6.85. The summed E-state index contributed by atoms with van der Waals surface area (Å²) in [5.41, 5.74) is 1.34. The van der Waals surface area contributed by atoms with Crippen LogP contribution in [0.4, 0.5) is 0 Å². The van der Waals surface area contributed by atoms with Crippen LogP contribution in [0.15, 0.2) is 24.5 Å². The molecule has 2 heteroatoms. The van der Waals surface area contributed by atoms with Crippen LogP contribution < -0.4 is 0 Å². The van der Waals surface area contributed by atoms with Gasteiger partial charge in [0.15, 0.2) is 0 Å². The maximum atomic E-state index is 4.18. The monoisotopic (exact) mass is 232 g/mol. The van der Waals surface area contributed by atoms with Crippen molar-refractivity contribution in [3.8, 4) is 0 Å². The molecule has 2 rings (SSSR count). The van der Waals surface area contributed by atoms with Gasteiger partial charge in [0.1, 0.15) is 0 Å². The van der Waals surface area contributed by atoms with Gasteiger partial charge < -0.3 is 0 Å². The first-order valence-corrected chi connectivity index (χ1v) is 6.85. The van der Waals surface area contributed by atoms with Crippen LogP contribution in [0.3, 0.4) is 0 Å². The van der Waals surface area contributed by atoms with E-state index in [1.165, 1.54) is 37.9 Å². The number of pyridine rings is 1. The van der Waals surface area contributed by atoms with E-state index in [2.05, 4.69) is 29.8 Å². The van der Waals surface area contributed by atoms with Crippen molar-refractivity contribution in [3.05, 3.63) is 30.1 Å². The minimum absolute atomic E-state index is 0.852. The Balaban J connectivity index is 1.76. The summed E-state index contributed by atoms with van der Waals surface area (Å²) in [6, 6.07) is 4.20. The van der Waals surface area contributed by atoms with Crippen LogP contribution in [0, 0.1) is 11.8 Å². The van der Waals surface area contributed by atoms with E-state index < -0.39 is 0 Å². The minimum Gasteiger partial charge on any atom is -0.299 e. The zero-order valence-corrected chi connectivity index (χ0v) is 11.1. The molecule has 0 amide bonds. The number of likely N-dealkylation sites (tertiary alicyclic amines) is 1. The van der Waals surface area contributed by atoms with Gasteiger partial charge >= 0.3 is 0 Å². The average Bonchev–Trinajstić information content (AvgIpc) is 2.32. The first kappa shape index (κ1) is 12.6. The van der Waals surface area contributed by atoms with Crippen molar-refractivity contribution in [1.29, 1.82) is 0 Å². The van der Waals surface area contributed by atoms with Gasteiger partial charge in [-0.05, 0) is 55.8 Å². The fraction of sp³-hybridized carbons (Fsp3) is 0.667. The number of piperidine rings is 1. The van der Waals surface area contributed by atoms with Gasteiger partial charge in [0.25, 0.3) is 0 Å². The van der Waals surface area contributed by atoms with Crippen LogP contribution in [-0.4, -0.2) is 23.0 Å². The van der Waals surface area contributed by atoms with Gasteiger partial charge in [-0.1, -0.05) is 19.9 Å². The number of nitrogens with zero attached hydrogens (tertiary/aromatic N) is 2. The van der Waals surface area contributed by atoms with Crippen molar-refractivity contribution in [2.45, 2.75) is 39.7 Å². The molecule has 0 radical (unpaired) electrons. The van der Waals surface area contributed by atoms with E-state index in [1.807, 2.05) is 18.5 Å². The van der Waals surface area contributed by atoms with Crippen LogP contribution in [-0.2, 0) is 6.54 Å². The van der Waals surface area contributed by atoms with Crippen molar-refractivity contribution >= 4 is 0 Å². The Morgan fingerprint density at radius 2 is 2.12 bits per heavy atom. The first-order chi connectivity index (χ1) is 8.24.